The Balaban J connectivity index is 1.57. The SMILES string of the molecule is CCC(CC)C(=O)N1CCC(NS(=O)(=O)c2cc(C(F)(F)F)ccc2N2CCOC(c3cccc(C#N)c3)C2)CC1. The molecule has 2 aromatic rings. The molecule has 2 fully saturated rings. The van der Waals surface area contributed by atoms with Crippen LogP contribution in [-0.4, -0.2) is 58.1 Å². The molecule has 8 nitrogen and oxygen atoms in total. The number of carbonyl (C=O) groups excluding carboxylic acids is 1. The Kier molecular flexibility index (Phi) is 9.62. The molecule has 0 bridgehead atoms. The molecule has 2 aliphatic heterocycles. The molecule has 222 valence electrons. The molecule has 2 heterocycles. The Morgan fingerprint density at radius 2 is 1.83 bits per heavy atom. The highest BCUT2D eigenvalue weighted by molar-refractivity contribution is 7.89. The van der Waals surface area contributed by atoms with Gasteiger partial charge in [0.15, 0.2) is 0 Å². The molecule has 41 heavy (non-hydrogen) atoms. The van der Waals surface area contributed by atoms with Gasteiger partial charge in [-0.2, -0.15) is 18.4 Å². The minimum absolute atomic E-state index is 0.0543. The van der Waals surface area contributed by atoms with Crippen LogP contribution in [-0.2, 0) is 25.7 Å². The summed E-state index contributed by atoms with van der Waals surface area (Å²) in [5, 5.41) is 9.25. The van der Waals surface area contributed by atoms with Gasteiger partial charge in [-0.15, -0.1) is 0 Å². The third kappa shape index (κ3) is 7.20. The Morgan fingerprint density at radius 3 is 2.46 bits per heavy atom. The number of amides is 1. The first-order valence-electron chi connectivity index (χ1n) is 13.9. The second kappa shape index (κ2) is 12.8. The van der Waals surface area contributed by atoms with Crippen LogP contribution in [0.5, 0.6) is 0 Å². The molecule has 0 aromatic heterocycles. The van der Waals surface area contributed by atoms with Gasteiger partial charge in [0, 0.05) is 38.1 Å². The van der Waals surface area contributed by atoms with Crippen molar-refractivity contribution in [2.45, 2.75) is 62.7 Å². The van der Waals surface area contributed by atoms with Crippen LogP contribution in [0.3, 0.4) is 0 Å². The summed E-state index contributed by atoms with van der Waals surface area (Å²) in [7, 11) is -4.36. The minimum Gasteiger partial charge on any atom is -0.370 e. The third-order valence-electron chi connectivity index (χ3n) is 7.83. The van der Waals surface area contributed by atoms with E-state index in [0.29, 0.717) is 37.6 Å². The second-order valence-corrected chi connectivity index (χ2v) is 12.1. The number of sulfonamides is 1. The molecule has 0 saturated carbocycles. The highest BCUT2D eigenvalue weighted by atomic mass is 32.2. The summed E-state index contributed by atoms with van der Waals surface area (Å²) < 4.78 is 76.8. The van der Waals surface area contributed by atoms with E-state index in [-0.39, 0.29) is 37.2 Å². The molecule has 2 aromatic carbocycles. The lowest BCUT2D eigenvalue weighted by atomic mass is 9.99. The largest absolute Gasteiger partial charge is 0.416 e. The van der Waals surface area contributed by atoms with Crippen molar-refractivity contribution in [2.75, 3.05) is 37.7 Å². The van der Waals surface area contributed by atoms with E-state index in [0.717, 1.165) is 24.5 Å². The van der Waals surface area contributed by atoms with E-state index in [1.807, 2.05) is 13.8 Å². The van der Waals surface area contributed by atoms with Crippen LogP contribution in [0.2, 0.25) is 0 Å². The van der Waals surface area contributed by atoms with E-state index in [2.05, 4.69) is 10.8 Å². The van der Waals surface area contributed by atoms with E-state index < -0.39 is 38.8 Å². The summed E-state index contributed by atoms with van der Waals surface area (Å²) in [6.45, 7) is 5.37. The Hall–Kier alpha value is -3.14. The Morgan fingerprint density at radius 1 is 1.12 bits per heavy atom. The van der Waals surface area contributed by atoms with E-state index >= 15 is 0 Å². The van der Waals surface area contributed by atoms with Gasteiger partial charge in [0.25, 0.3) is 0 Å². The van der Waals surface area contributed by atoms with Gasteiger partial charge >= 0.3 is 6.18 Å². The molecule has 1 amide bonds. The molecule has 0 spiro atoms. The van der Waals surface area contributed by atoms with Gasteiger partial charge in [0.05, 0.1) is 29.5 Å². The molecular weight excluding hydrogens is 557 g/mol. The van der Waals surface area contributed by atoms with Crippen molar-refractivity contribution in [3.8, 4) is 6.07 Å². The Labute approximate surface area is 239 Å². The number of alkyl halides is 3. The number of benzene rings is 2. The van der Waals surface area contributed by atoms with Gasteiger partial charge in [-0.05, 0) is 61.6 Å². The van der Waals surface area contributed by atoms with Gasteiger partial charge in [-0.25, -0.2) is 13.1 Å². The molecule has 2 saturated heterocycles. The molecule has 4 rings (SSSR count). The highest BCUT2D eigenvalue weighted by Gasteiger charge is 2.36. The molecular formula is C29H35F3N4O4S. The van der Waals surface area contributed by atoms with E-state index in [1.54, 1.807) is 34.1 Å². The topological polar surface area (TPSA) is 103 Å². The lowest BCUT2D eigenvalue weighted by Crippen LogP contribution is -2.48. The van der Waals surface area contributed by atoms with Crippen LogP contribution in [0.1, 0.15) is 62.3 Å². The number of likely N-dealkylation sites (tertiary alicyclic amines) is 1. The van der Waals surface area contributed by atoms with Gasteiger partial charge in [-0.1, -0.05) is 26.0 Å². The number of hydrogen-bond donors (Lipinski definition) is 1. The first-order valence-corrected chi connectivity index (χ1v) is 15.3. The lowest BCUT2D eigenvalue weighted by Gasteiger charge is -2.36. The number of nitrogens with zero attached hydrogens (tertiary/aromatic N) is 3. The third-order valence-corrected chi connectivity index (χ3v) is 9.38. The molecule has 12 heteroatoms. The molecule has 0 radical (unpaired) electrons. The average molecular weight is 593 g/mol. The van der Waals surface area contributed by atoms with Crippen LogP contribution in [0, 0.1) is 17.2 Å². The fourth-order valence-corrected chi connectivity index (χ4v) is 7.00. The number of morpholine rings is 1. The van der Waals surface area contributed by atoms with Crippen molar-refractivity contribution >= 4 is 21.6 Å². The van der Waals surface area contributed by atoms with E-state index in [4.69, 9.17) is 4.74 Å². The number of ether oxygens (including phenoxy) is 1. The van der Waals surface area contributed by atoms with Gasteiger partial charge in [-0.3, -0.25) is 4.79 Å². The fourth-order valence-electron chi connectivity index (χ4n) is 5.44. The maximum atomic E-state index is 13.7. The smallest absolute Gasteiger partial charge is 0.370 e. The summed E-state index contributed by atoms with van der Waals surface area (Å²) in [6, 6.07) is 11.2. The number of piperidine rings is 1. The van der Waals surface area contributed by atoms with Gasteiger partial charge in [0.1, 0.15) is 11.0 Å². The van der Waals surface area contributed by atoms with Crippen molar-refractivity contribution in [2.24, 2.45) is 5.92 Å². The van der Waals surface area contributed by atoms with Gasteiger partial charge < -0.3 is 14.5 Å². The summed E-state index contributed by atoms with van der Waals surface area (Å²) in [5.41, 5.74) is 0.256. The number of anilines is 1. The van der Waals surface area contributed by atoms with Crippen LogP contribution < -0.4 is 9.62 Å². The van der Waals surface area contributed by atoms with Crippen molar-refractivity contribution in [3.63, 3.8) is 0 Å². The summed E-state index contributed by atoms with van der Waals surface area (Å²) in [5.74, 6) is -0.0192. The maximum Gasteiger partial charge on any atom is 0.416 e. The maximum absolute atomic E-state index is 13.7. The monoisotopic (exact) mass is 592 g/mol. The number of nitriles is 1. The average Bonchev–Trinajstić information content (AvgIpc) is 2.97. The summed E-state index contributed by atoms with van der Waals surface area (Å²) in [4.78, 5) is 15.7. The lowest BCUT2D eigenvalue weighted by molar-refractivity contribution is -0.138. The minimum atomic E-state index is -4.73. The summed E-state index contributed by atoms with van der Waals surface area (Å²) >= 11 is 0. The number of carbonyl (C=O) groups is 1. The van der Waals surface area contributed by atoms with Crippen LogP contribution in [0.4, 0.5) is 18.9 Å². The zero-order valence-corrected chi connectivity index (χ0v) is 24.0. The first-order chi connectivity index (χ1) is 19.5. The van der Waals surface area contributed by atoms with Crippen LogP contribution in [0.15, 0.2) is 47.4 Å². The molecule has 2 aliphatic rings. The zero-order valence-electron chi connectivity index (χ0n) is 23.2. The quantitative estimate of drug-likeness (QED) is 0.470. The standard InChI is InChI=1S/C29H35F3N4O4S/c1-3-21(4-2)28(37)35-12-10-24(11-13-35)34-41(38,39)27-17-23(29(30,31)32)8-9-25(27)36-14-15-40-26(19-36)22-7-5-6-20(16-22)18-33/h5-9,16-17,21,24,26,34H,3-4,10-15,19H2,1-2H3. The number of hydrogen-bond acceptors (Lipinski definition) is 6. The Bertz CT molecular complexity index is 1380. The van der Waals surface area contributed by atoms with E-state index in [9.17, 15) is 31.6 Å². The van der Waals surface area contributed by atoms with Crippen molar-refractivity contribution in [1.29, 1.82) is 5.26 Å². The molecule has 1 atom stereocenters. The van der Waals surface area contributed by atoms with Crippen molar-refractivity contribution in [3.05, 3.63) is 59.2 Å². The molecule has 0 aliphatic carbocycles. The zero-order chi connectivity index (χ0) is 29.8. The first kappa shape index (κ1) is 30.8. The van der Waals surface area contributed by atoms with Crippen molar-refractivity contribution < 1.29 is 31.1 Å². The number of rotatable bonds is 8. The highest BCUT2D eigenvalue weighted by Crippen LogP contribution is 2.37. The number of halogens is 3. The van der Waals surface area contributed by atoms with Gasteiger partial charge in [0.2, 0.25) is 15.9 Å². The summed E-state index contributed by atoms with van der Waals surface area (Å²) in [6.07, 6.45) is -3.03. The predicted molar refractivity (Wildman–Crippen MR) is 148 cm³/mol. The van der Waals surface area contributed by atoms with Crippen LogP contribution in [0.25, 0.3) is 0 Å². The molecule has 1 N–H and O–H groups in total. The normalized spacial score (nSPS) is 18.9. The molecule has 1 unspecified atom stereocenters. The van der Waals surface area contributed by atoms with Crippen molar-refractivity contribution in [1.82, 2.24) is 9.62 Å². The fraction of sp³-hybridized carbons (Fsp3) is 0.517. The van der Waals surface area contributed by atoms with E-state index in [1.165, 1.54) is 6.07 Å². The second-order valence-electron chi connectivity index (χ2n) is 10.5. The predicted octanol–water partition coefficient (Wildman–Crippen LogP) is 4.86. The van der Waals surface area contributed by atoms with Crippen LogP contribution >= 0.6 is 0 Å². The number of nitrogens with one attached hydrogen (secondary N) is 1.